The molecule has 18 heteroatoms. The highest BCUT2D eigenvalue weighted by Gasteiger charge is 2.30. The Labute approximate surface area is 815 Å². The summed E-state index contributed by atoms with van der Waals surface area (Å²) in [7, 11) is -9.82. The lowest BCUT2D eigenvalue weighted by Crippen LogP contribution is -2.30. The Kier molecular flexibility index (Phi) is 102. The van der Waals surface area contributed by atoms with Gasteiger partial charge in [0.15, 0.2) is 6.10 Å². The van der Waals surface area contributed by atoms with Crippen LogP contribution in [0.1, 0.15) is 483 Å². The third kappa shape index (κ3) is 107. The van der Waals surface area contributed by atoms with Crippen molar-refractivity contribution in [2.75, 3.05) is 39.6 Å². The number of carbonyl (C=O) groups is 3. The van der Waals surface area contributed by atoms with Crippen molar-refractivity contribution in [2.45, 2.75) is 501 Å². The molecule has 5 atom stereocenters. The van der Waals surface area contributed by atoms with Gasteiger partial charge in [-0.05, 0) is 154 Å². The smallest absolute Gasteiger partial charge is 0.463 e. The molecule has 0 heterocycles. The van der Waals surface area contributed by atoms with Crippen LogP contribution in [0.15, 0.2) is 170 Å². The molecule has 0 aliphatic rings. The fraction of sp³-hybridized carbons (Fsp3) is 0.730. The molecule has 0 amide bonds. The lowest BCUT2D eigenvalue weighted by Gasteiger charge is -2.21. The highest BCUT2D eigenvalue weighted by Crippen LogP contribution is 2.45. The van der Waals surface area contributed by atoms with Crippen molar-refractivity contribution in [3.63, 3.8) is 0 Å². The highest BCUT2D eigenvalue weighted by molar-refractivity contribution is 7.47. The van der Waals surface area contributed by atoms with Gasteiger partial charge in [0, 0.05) is 19.3 Å². The zero-order valence-corrected chi connectivity index (χ0v) is 86.9. The molecule has 0 aromatic carbocycles. The topological polar surface area (TPSA) is 231 Å². The number of hydrogen-bond donors (Lipinski definition) is 4. The van der Waals surface area contributed by atoms with Gasteiger partial charge in [0.1, 0.15) is 25.4 Å². The number of unbranched alkanes of at least 4 members (excludes halogenated alkanes) is 52. The molecule has 0 saturated heterocycles. The predicted octanol–water partition coefficient (Wildman–Crippen LogP) is 34.9. The minimum absolute atomic E-state index is 0.103. The van der Waals surface area contributed by atoms with Gasteiger partial charge in [-0.15, -0.1) is 0 Å². The van der Waals surface area contributed by atoms with Crippen LogP contribution < -0.4 is 0 Å². The van der Waals surface area contributed by atoms with Gasteiger partial charge in [-0.25, -0.2) is 9.13 Å². The fourth-order valence-electron chi connectivity index (χ4n) is 15.3. The van der Waals surface area contributed by atoms with E-state index in [9.17, 15) is 43.5 Å². The maximum atomic E-state index is 13.2. The number of carbonyl (C=O) groups excluding carboxylic acids is 3. The van der Waals surface area contributed by atoms with E-state index in [0.717, 1.165) is 154 Å². The summed E-state index contributed by atoms with van der Waals surface area (Å²) in [4.78, 5) is 59.3. The zero-order valence-electron chi connectivity index (χ0n) is 85.1. The molecule has 4 N–H and O–H groups in total. The average molecular weight is 1900 g/mol. The second kappa shape index (κ2) is 106. The molecule has 0 aromatic heterocycles. The van der Waals surface area contributed by atoms with Gasteiger partial charge in [-0.1, -0.05) is 480 Å². The average Bonchev–Trinajstić information content (AvgIpc) is 0.896. The van der Waals surface area contributed by atoms with Crippen LogP contribution in [0.2, 0.25) is 0 Å². The molecular formula is C115H200O16P2. The minimum Gasteiger partial charge on any atom is -0.463 e. The number of esters is 3. The number of allylic oxidation sites excluding steroid dienone is 28. The number of rotatable bonds is 103. The maximum absolute atomic E-state index is 13.2. The Hall–Kier alpha value is -5.09. The van der Waals surface area contributed by atoms with Crippen LogP contribution in [0.5, 0.6) is 0 Å². The number of hydrogen-bond acceptors (Lipinski definition) is 14. The largest absolute Gasteiger partial charge is 0.472 e. The SMILES string of the molecule is CC/C=C\C/C=C\C/C=C\C/C=C\C/C=C\CCCCCCCCCCCCCCCCCCCC(=O)OCC(O)COP(=O)(O)OCC(O)COP(=O)(O)OCC(COC(=O)CCCCCCCCCCCCCCCCCCC/C=C\C/C=C\C/C=C\C/C=C\CCCCC)OC(=O)CCCCCCCCCCCCCCCCC/C=C\C/C=C\C/C=C\C/C=C\C/C=C\CC. The minimum atomic E-state index is -4.95. The maximum Gasteiger partial charge on any atom is 0.472 e. The molecule has 0 aliphatic heterocycles. The first-order valence-electron chi connectivity index (χ1n) is 54.4. The standard InChI is InChI=1S/C115H200O16P2/c1-4-7-10-13-16-19-22-25-28-31-34-37-40-43-46-49-52-54-57-59-62-65-68-71-74-77-80-83-86-89-92-95-98-101-113(118)125-104-110(116)105-127-132(121,122)128-106-111(117)107-129-133(123,124)130-109-112(131-115(120)103-100-97-94-91-88-85-82-79-76-73-70-67-64-61-56-51-48-45-42-39-36-33-30-27-24-21-18-15-12-9-6-3)108-126-114(119)102-99-96-93-90-87-84-81-78-75-72-69-66-63-60-58-55-53-50-47-44-41-38-35-32-29-26-23-20-17-14-11-8-5-2/h7,9-10,12,16-21,25-30,34-39,43-48,110-112,116-117H,4-6,8,11,13-15,22-24,31-33,40-42,49-109H2,1-3H3,(H,121,122)(H,123,124)/b10-7-,12-9-,19-16-,20-17-,21-18-,28-25-,29-26-,30-27-,37-34-,38-35-,39-36-,46-43-,47-44-,48-45-. The van der Waals surface area contributed by atoms with E-state index in [1.807, 2.05) is 0 Å². The summed E-state index contributed by atoms with van der Waals surface area (Å²) in [5.74, 6) is -1.55. The van der Waals surface area contributed by atoms with Crippen LogP contribution in [0, 0.1) is 0 Å². The number of phosphoric acid groups is 2. The van der Waals surface area contributed by atoms with E-state index in [-0.39, 0.29) is 19.3 Å². The molecule has 0 aliphatic carbocycles. The summed E-state index contributed by atoms with van der Waals surface area (Å²) in [6.45, 7) is 2.53. The molecule has 5 unspecified atom stereocenters. The highest BCUT2D eigenvalue weighted by atomic mass is 31.2. The van der Waals surface area contributed by atoms with Crippen molar-refractivity contribution in [3.8, 4) is 0 Å². The van der Waals surface area contributed by atoms with E-state index < -0.39 is 91.5 Å². The third-order valence-electron chi connectivity index (χ3n) is 23.4. The summed E-state index contributed by atoms with van der Waals surface area (Å²) >= 11 is 0. The van der Waals surface area contributed by atoms with Crippen molar-refractivity contribution in [3.05, 3.63) is 170 Å². The predicted molar refractivity (Wildman–Crippen MR) is 565 cm³/mol. The summed E-state index contributed by atoms with van der Waals surface area (Å²) in [5.41, 5.74) is 0. The molecule has 0 rings (SSSR count). The monoisotopic (exact) mass is 1900 g/mol. The van der Waals surface area contributed by atoms with Crippen LogP contribution in [-0.4, -0.2) is 95.9 Å². The molecule has 0 fully saturated rings. The van der Waals surface area contributed by atoms with Crippen molar-refractivity contribution in [1.82, 2.24) is 0 Å². The van der Waals surface area contributed by atoms with E-state index in [1.165, 1.54) is 270 Å². The summed E-state index contributed by atoms with van der Waals surface area (Å²) in [6, 6.07) is 0. The van der Waals surface area contributed by atoms with Crippen LogP contribution in [-0.2, 0) is 55.8 Å². The second-order valence-electron chi connectivity index (χ2n) is 36.4. The third-order valence-corrected chi connectivity index (χ3v) is 25.3. The lowest BCUT2D eigenvalue weighted by molar-refractivity contribution is -0.161. The van der Waals surface area contributed by atoms with Gasteiger partial charge >= 0.3 is 33.6 Å². The first-order chi connectivity index (χ1) is 65.2. The molecule has 16 nitrogen and oxygen atoms in total. The van der Waals surface area contributed by atoms with Gasteiger partial charge < -0.3 is 34.2 Å². The fourth-order valence-corrected chi connectivity index (χ4v) is 16.8. The molecule has 0 radical (unpaired) electrons. The Morgan fingerprint density at radius 2 is 0.398 bits per heavy atom. The summed E-state index contributed by atoms with van der Waals surface area (Å²) in [6.07, 6.45) is 140. The van der Waals surface area contributed by atoms with Gasteiger partial charge in [0.25, 0.3) is 0 Å². The molecule has 133 heavy (non-hydrogen) atoms. The quantitative estimate of drug-likeness (QED) is 0.0146. The van der Waals surface area contributed by atoms with E-state index in [4.69, 9.17) is 32.3 Å². The van der Waals surface area contributed by atoms with Gasteiger partial charge in [-0.2, -0.15) is 0 Å². The molecule has 766 valence electrons. The first kappa shape index (κ1) is 128. The van der Waals surface area contributed by atoms with Crippen molar-refractivity contribution in [2.24, 2.45) is 0 Å². The van der Waals surface area contributed by atoms with Crippen molar-refractivity contribution in [1.29, 1.82) is 0 Å². The van der Waals surface area contributed by atoms with Crippen LogP contribution in [0.3, 0.4) is 0 Å². The van der Waals surface area contributed by atoms with Crippen LogP contribution >= 0.6 is 15.6 Å². The Morgan fingerprint density at radius 3 is 0.632 bits per heavy atom. The van der Waals surface area contributed by atoms with E-state index in [2.05, 4.69) is 191 Å². The van der Waals surface area contributed by atoms with E-state index in [1.54, 1.807) is 0 Å². The lowest BCUT2D eigenvalue weighted by atomic mass is 10.0. The molecular weight excluding hydrogens is 1700 g/mol. The van der Waals surface area contributed by atoms with Gasteiger partial charge in [-0.3, -0.25) is 32.5 Å². The Morgan fingerprint density at radius 1 is 0.218 bits per heavy atom. The zero-order chi connectivity index (χ0) is 96.4. The molecule has 0 saturated carbocycles. The van der Waals surface area contributed by atoms with Gasteiger partial charge in [0.2, 0.25) is 0 Å². The molecule has 0 spiro atoms. The Balaban J connectivity index is 4.60. The van der Waals surface area contributed by atoms with E-state index >= 15 is 0 Å². The number of phosphoric ester groups is 2. The number of aliphatic hydroxyl groups excluding tert-OH is 2. The molecule has 0 bridgehead atoms. The molecule has 0 aromatic rings. The first-order valence-corrected chi connectivity index (χ1v) is 57.4. The second-order valence-corrected chi connectivity index (χ2v) is 39.3. The van der Waals surface area contributed by atoms with Crippen LogP contribution in [0.25, 0.3) is 0 Å². The number of aliphatic hydroxyl groups is 2. The number of ether oxygens (including phenoxy) is 3. The normalized spacial score (nSPS) is 14.2. The van der Waals surface area contributed by atoms with Crippen LogP contribution in [0.4, 0.5) is 0 Å². The summed E-state index contributed by atoms with van der Waals surface area (Å²) < 4.78 is 61.8. The van der Waals surface area contributed by atoms with Crippen molar-refractivity contribution >= 4 is 33.6 Å². The van der Waals surface area contributed by atoms with E-state index in [0.29, 0.717) is 19.3 Å². The Bertz CT molecular complexity index is 3100. The summed E-state index contributed by atoms with van der Waals surface area (Å²) in [5, 5.41) is 20.8. The van der Waals surface area contributed by atoms with Crippen molar-refractivity contribution < 1.29 is 75.8 Å². The van der Waals surface area contributed by atoms with Gasteiger partial charge in [0.05, 0.1) is 26.4 Å².